The number of fused-ring (bicyclic) bond motifs is 1. The second kappa shape index (κ2) is 8.05. The third kappa shape index (κ3) is 3.84. The van der Waals surface area contributed by atoms with Crippen molar-refractivity contribution in [1.82, 2.24) is 9.62 Å². The lowest BCUT2D eigenvalue weighted by molar-refractivity contribution is -0.127. The fourth-order valence-electron chi connectivity index (χ4n) is 4.31. The number of sulfonamides is 1. The Labute approximate surface area is 166 Å². The van der Waals surface area contributed by atoms with E-state index in [4.69, 9.17) is 0 Å². The lowest BCUT2D eigenvalue weighted by Gasteiger charge is -2.33. The Morgan fingerprint density at radius 1 is 0.964 bits per heavy atom. The van der Waals surface area contributed by atoms with E-state index in [0.29, 0.717) is 13.0 Å². The van der Waals surface area contributed by atoms with E-state index in [0.717, 1.165) is 25.7 Å². The van der Waals surface area contributed by atoms with E-state index in [2.05, 4.69) is 17.4 Å². The molecule has 1 amide bonds. The van der Waals surface area contributed by atoms with Gasteiger partial charge in [0, 0.05) is 13.1 Å². The number of amides is 1. The van der Waals surface area contributed by atoms with Crippen molar-refractivity contribution in [3.63, 3.8) is 0 Å². The molecule has 148 valence electrons. The zero-order chi connectivity index (χ0) is 19.6. The highest BCUT2D eigenvalue weighted by Crippen LogP contribution is 2.30. The quantitative estimate of drug-likeness (QED) is 0.859. The van der Waals surface area contributed by atoms with Gasteiger partial charge < -0.3 is 5.32 Å². The van der Waals surface area contributed by atoms with Gasteiger partial charge >= 0.3 is 0 Å². The van der Waals surface area contributed by atoms with E-state index >= 15 is 0 Å². The van der Waals surface area contributed by atoms with Gasteiger partial charge in [0.1, 0.15) is 0 Å². The Morgan fingerprint density at radius 3 is 2.54 bits per heavy atom. The van der Waals surface area contributed by atoms with Gasteiger partial charge in [-0.15, -0.1) is 0 Å². The third-order valence-corrected chi connectivity index (χ3v) is 7.70. The molecule has 2 aromatic rings. The van der Waals surface area contributed by atoms with Crippen molar-refractivity contribution in [1.29, 1.82) is 0 Å². The first-order valence-electron chi connectivity index (χ1n) is 9.99. The smallest absolute Gasteiger partial charge is 0.243 e. The molecule has 0 bridgehead atoms. The van der Waals surface area contributed by atoms with Crippen molar-refractivity contribution in [2.75, 3.05) is 13.1 Å². The average molecular weight is 399 g/mol. The van der Waals surface area contributed by atoms with Gasteiger partial charge in [0.05, 0.1) is 16.9 Å². The molecule has 1 aliphatic heterocycles. The predicted octanol–water partition coefficient (Wildman–Crippen LogP) is 3.28. The second-order valence-corrected chi connectivity index (χ2v) is 9.61. The van der Waals surface area contributed by atoms with Crippen molar-refractivity contribution in [2.24, 2.45) is 5.92 Å². The van der Waals surface area contributed by atoms with Crippen LogP contribution in [-0.2, 0) is 21.2 Å². The van der Waals surface area contributed by atoms with Gasteiger partial charge in [-0.1, -0.05) is 42.5 Å². The maximum Gasteiger partial charge on any atom is 0.243 e. The van der Waals surface area contributed by atoms with Crippen LogP contribution >= 0.6 is 0 Å². The summed E-state index contributed by atoms with van der Waals surface area (Å²) in [4.78, 5) is 13.2. The summed E-state index contributed by atoms with van der Waals surface area (Å²) in [5, 5.41) is 3.20. The maximum atomic E-state index is 13.0. The normalized spacial score (nSPS) is 23.0. The topological polar surface area (TPSA) is 66.5 Å². The lowest BCUT2D eigenvalue weighted by Crippen LogP contribution is -2.46. The number of rotatable bonds is 4. The number of hydrogen-bond acceptors (Lipinski definition) is 3. The fraction of sp³-hybridized carbons (Fsp3) is 0.409. The molecular weight excluding hydrogens is 372 g/mol. The Balaban J connectivity index is 1.46. The molecule has 0 radical (unpaired) electrons. The molecule has 4 rings (SSSR count). The second-order valence-electron chi connectivity index (χ2n) is 7.67. The SMILES string of the molecule is O=C(N[C@@H]1CCCc2ccccc21)[C@@H]1CCCN(S(=O)(=O)c2ccccc2)C1. The van der Waals surface area contributed by atoms with Crippen LogP contribution in [0, 0.1) is 5.92 Å². The summed E-state index contributed by atoms with van der Waals surface area (Å²) < 4.78 is 27.3. The highest BCUT2D eigenvalue weighted by Gasteiger charge is 2.34. The summed E-state index contributed by atoms with van der Waals surface area (Å²) in [5.74, 6) is -0.337. The van der Waals surface area contributed by atoms with Gasteiger partial charge in [-0.25, -0.2) is 8.42 Å². The number of benzene rings is 2. The molecule has 2 atom stereocenters. The summed E-state index contributed by atoms with van der Waals surface area (Å²) in [6.07, 6.45) is 4.46. The molecule has 1 aliphatic carbocycles. The minimum Gasteiger partial charge on any atom is -0.349 e. The zero-order valence-electron chi connectivity index (χ0n) is 15.9. The molecule has 6 heteroatoms. The van der Waals surface area contributed by atoms with Gasteiger partial charge in [-0.3, -0.25) is 4.79 Å². The molecule has 1 N–H and O–H groups in total. The van der Waals surface area contributed by atoms with Gasteiger partial charge in [-0.05, 0) is 55.4 Å². The highest BCUT2D eigenvalue weighted by molar-refractivity contribution is 7.89. The largest absolute Gasteiger partial charge is 0.349 e. The number of carbonyl (C=O) groups excluding carboxylic acids is 1. The monoisotopic (exact) mass is 398 g/mol. The lowest BCUT2D eigenvalue weighted by atomic mass is 9.87. The van der Waals surface area contributed by atoms with Crippen LogP contribution in [0.1, 0.15) is 42.9 Å². The molecule has 0 aromatic heterocycles. The van der Waals surface area contributed by atoms with Crippen LogP contribution in [0.15, 0.2) is 59.5 Å². The highest BCUT2D eigenvalue weighted by atomic mass is 32.2. The molecule has 0 unspecified atom stereocenters. The number of hydrogen-bond donors (Lipinski definition) is 1. The van der Waals surface area contributed by atoms with Crippen molar-refractivity contribution >= 4 is 15.9 Å². The molecule has 2 aliphatic rings. The molecule has 1 heterocycles. The van der Waals surface area contributed by atoms with Crippen LogP contribution in [0.3, 0.4) is 0 Å². The standard InChI is InChI=1S/C22H26N2O3S/c25-22(23-21-14-6-9-17-8-4-5-13-20(17)21)18-10-7-15-24(16-18)28(26,27)19-11-2-1-3-12-19/h1-5,8,11-13,18,21H,6-7,9-10,14-16H2,(H,23,25)/t18-,21-/m1/s1. The first kappa shape index (κ1) is 19.2. The Hall–Kier alpha value is -2.18. The molecule has 28 heavy (non-hydrogen) atoms. The van der Waals surface area contributed by atoms with Crippen LogP contribution in [0.4, 0.5) is 0 Å². The van der Waals surface area contributed by atoms with E-state index in [1.165, 1.54) is 15.4 Å². The minimum atomic E-state index is -3.56. The van der Waals surface area contributed by atoms with Gasteiger partial charge in [-0.2, -0.15) is 4.31 Å². The molecule has 1 saturated heterocycles. The first-order chi connectivity index (χ1) is 13.6. The Kier molecular flexibility index (Phi) is 5.51. The average Bonchev–Trinajstić information content (AvgIpc) is 2.75. The Morgan fingerprint density at radius 2 is 1.71 bits per heavy atom. The summed E-state index contributed by atoms with van der Waals surface area (Å²) >= 11 is 0. The van der Waals surface area contributed by atoms with Crippen molar-refractivity contribution in [2.45, 2.75) is 43.0 Å². The molecule has 2 aromatic carbocycles. The number of aryl methyl sites for hydroxylation is 1. The van der Waals surface area contributed by atoms with Gasteiger partial charge in [0.15, 0.2) is 0 Å². The van der Waals surface area contributed by atoms with Gasteiger partial charge in [0.2, 0.25) is 15.9 Å². The van der Waals surface area contributed by atoms with E-state index in [9.17, 15) is 13.2 Å². The van der Waals surface area contributed by atoms with Crippen molar-refractivity contribution in [3.8, 4) is 0 Å². The Bertz CT molecular complexity index is 943. The number of piperidine rings is 1. The van der Waals surface area contributed by atoms with Crippen molar-refractivity contribution in [3.05, 3.63) is 65.7 Å². The molecule has 0 saturated carbocycles. The van der Waals surface area contributed by atoms with Gasteiger partial charge in [0.25, 0.3) is 0 Å². The van der Waals surface area contributed by atoms with E-state index < -0.39 is 10.0 Å². The molecule has 5 nitrogen and oxygen atoms in total. The molecule has 1 fully saturated rings. The molecular formula is C22H26N2O3S. The number of carbonyl (C=O) groups is 1. The van der Waals surface area contributed by atoms with E-state index in [1.54, 1.807) is 30.3 Å². The van der Waals surface area contributed by atoms with E-state index in [1.807, 2.05) is 12.1 Å². The van der Waals surface area contributed by atoms with Crippen LogP contribution in [0.5, 0.6) is 0 Å². The summed E-state index contributed by atoms with van der Waals surface area (Å²) in [6.45, 7) is 0.713. The van der Waals surface area contributed by atoms with Crippen LogP contribution in [0.25, 0.3) is 0 Å². The zero-order valence-corrected chi connectivity index (χ0v) is 16.7. The summed E-state index contributed by atoms with van der Waals surface area (Å²) in [5.41, 5.74) is 2.50. The number of nitrogens with one attached hydrogen (secondary N) is 1. The van der Waals surface area contributed by atoms with Crippen LogP contribution < -0.4 is 5.32 Å². The fourth-order valence-corrected chi connectivity index (χ4v) is 5.85. The van der Waals surface area contributed by atoms with Crippen molar-refractivity contribution < 1.29 is 13.2 Å². The predicted molar refractivity (Wildman–Crippen MR) is 108 cm³/mol. The van der Waals surface area contributed by atoms with Crippen LogP contribution in [0.2, 0.25) is 0 Å². The number of nitrogens with zero attached hydrogens (tertiary/aromatic N) is 1. The van der Waals surface area contributed by atoms with Crippen LogP contribution in [-0.4, -0.2) is 31.7 Å². The van der Waals surface area contributed by atoms with E-state index in [-0.39, 0.29) is 29.3 Å². The summed E-state index contributed by atoms with van der Waals surface area (Å²) in [6, 6.07) is 16.8. The summed E-state index contributed by atoms with van der Waals surface area (Å²) in [7, 11) is -3.56. The minimum absolute atomic E-state index is 0.0264. The molecule has 0 spiro atoms. The third-order valence-electron chi connectivity index (χ3n) is 5.82. The maximum absolute atomic E-state index is 13.0. The first-order valence-corrected chi connectivity index (χ1v) is 11.4.